The van der Waals surface area contributed by atoms with E-state index in [0.717, 1.165) is 43.3 Å². The molecule has 1 aliphatic rings. The van der Waals surface area contributed by atoms with Crippen LogP contribution in [0.15, 0.2) is 24.3 Å². The Morgan fingerprint density at radius 3 is 2.50 bits per heavy atom. The van der Waals surface area contributed by atoms with Gasteiger partial charge >= 0.3 is 0 Å². The third kappa shape index (κ3) is 7.10. The second-order valence-corrected chi connectivity index (χ2v) is 8.12. The lowest BCUT2D eigenvalue weighted by atomic mass is 9.99. The zero-order valence-corrected chi connectivity index (χ0v) is 18.1. The molecule has 1 N–H and O–H groups in total. The predicted molar refractivity (Wildman–Crippen MR) is 115 cm³/mol. The van der Waals surface area contributed by atoms with Crippen LogP contribution in [0.3, 0.4) is 0 Å². The molecule has 0 bridgehead atoms. The number of piperidine rings is 1. The highest BCUT2D eigenvalue weighted by atomic mass is 16.5. The largest absolute Gasteiger partial charge is 0.494 e. The van der Waals surface area contributed by atoms with Gasteiger partial charge in [0.25, 0.3) is 5.91 Å². The summed E-state index contributed by atoms with van der Waals surface area (Å²) in [5.41, 5.74) is -0.0212. The van der Waals surface area contributed by atoms with Crippen molar-refractivity contribution in [1.29, 1.82) is 0 Å². The smallest absolute Gasteiger partial charge is 0.256 e. The molecule has 1 amide bonds. The van der Waals surface area contributed by atoms with Crippen molar-refractivity contribution in [3.8, 4) is 5.75 Å². The van der Waals surface area contributed by atoms with Crippen LogP contribution < -0.4 is 10.1 Å². The molecule has 1 aromatic rings. The summed E-state index contributed by atoms with van der Waals surface area (Å²) in [5, 5.41) is 2.97. The molecule has 0 radical (unpaired) electrons. The van der Waals surface area contributed by atoms with E-state index in [2.05, 4.69) is 24.1 Å². The van der Waals surface area contributed by atoms with E-state index < -0.39 is 5.60 Å². The van der Waals surface area contributed by atoms with E-state index in [0.29, 0.717) is 13.0 Å². The Hall–Kier alpha value is -1.59. The lowest BCUT2D eigenvalue weighted by Gasteiger charge is -2.30. The highest BCUT2D eigenvalue weighted by Gasteiger charge is 2.32. The van der Waals surface area contributed by atoms with Crippen LogP contribution in [0.4, 0.5) is 5.69 Å². The van der Waals surface area contributed by atoms with Gasteiger partial charge in [0.15, 0.2) is 0 Å². The zero-order valence-electron chi connectivity index (χ0n) is 18.1. The average Bonchev–Trinajstić information content (AvgIpc) is 2.68. The normalized spacial score (nSPS) is 17.9. The minimum atomic E-state index is -0.787. The van der Waals surface area contributed by atoms with E-state index in [1.54, 1.807) is 0 Å². The number of ether oxygens (including phenoxy) is 2. The van der Waals surface area contributed by atoms with Crippen molar-refractivity contribution in [3.63, 3.8) is 0 Å². The molecule has 1 aromatic carbocycles. The van der Waals surface area contributed by atoms with Crippen LogP contribution in [-0.4, -0.2) is 49.3 Å². The van der Waals surface area contributed by atoms with Crippen molar-refractivity contribution in [2.45, 2.75) is 65.4 Å². The molecule has 1 heterocycles. The van der Waals surface area contributed by atoms with Crippen LogP contribution >= 0.6 is 0 Å². The number of likely N-dealkylation sites (tertiary alicyclic amines) is 1. The fourth-order valence-electron chi connectivity index (χ4n) is 3.71. The number of nitrogens with zero attached hydrogens (tertiary/aromatic N) is 1. The summed E-state index contributed by atoms with van der Waals surface area (Å²) in [7, 11) is 0. The van der Waals surface area contributed by atoms with Crippen LogP contribution in [0.5, 0.6) is 5.75 Å². The molecule has 1 saturated heterocycles. The van der Waals surface area contributed by atoms with Crippen LogP contribution in [0.25, 0.3) is 0 Å². The first-order valence-electron chi connectivity index (χ1n) is 10.9. The van der Waals surface area contributed by atoms with E-state index in [1.165, 1.54) is 25.9 Å². The summed E-state index contributed by atoms with van der Waals surface area (Å²) < 4.78 is 11.6. The highest BCUT2D eigenvalue weighted by Crippen LogP contribution is 2.22. The molecule has 0 saturated carbocycles. The minimum absolute atomic E-state index is 0.0966. The number of anilines is 1. The van der Waals surface area contributed by atoms with Gasteiger partial charge in [-0.25, -0.2) is 0 Å². The first-order chi connectivity index (χ1) is 13.5. The quantitative estimate of drug-likeness (QED) is 0.556. The van der Waals surface area contributed by atoms with E-state index >= 15 is 0 Å². The van der Waals surface area contributed by atoms with Crippen molar-refractivity contribution >= 4 is 11.6 Å². The summed E-state index contributed by atoms with van der Waals surface area (Å²) in [6, 6.07) is 7.60. The average molecular weight is 391 g/mol. The summed E-state index contributed by atoms with van der Waals surface area (Å²) in [6.07, 6.45) is 5.26. The SMILES string of the molecule is CCC[C@](C)(OCC)C(=O)Nc1ccc(OCCCN2CCC(C)CC2)cc1. The predicted octanol–water partition coefficient (Wildman–Crippen LogP) is 4.72. The van der Waals surface area contributed by atoms with Gasteiger partial charge in [-0.05, 0) is 82.8 Å². The first kappa shape index (κ1) is 22.7. The number of hydrogen-bond acceptors (Lipinski definition) is 4. The van der Waals surface area contributed by atoms with Crippen LogP contribution in [0.2, 0.25) is 0 Å². The third-order valence-electron chi connectivity index (χ3n) is 5.55. The number of amides is 1. The molecule has 1 aliphatic heterocycles. The molecular formula is C23H38N2O3. The van der Waals surface area contributed by atoms with Gasteiger partial charge < -0.3 is 19.7 Å². The van der Waals surface area contributed by atoms with Gasteiger partial charge in [-0.1, -0.05) is 20.3 Å². The number of nitrogens with one attached hydrogen (secondary N) is 1. The lowest BCUT2D eigenvalue weighted by Crippen LogP contribution is -2.42. The maximum atomic E-state index is 12.6. The Morgan fingerprint density at radius 2 is 1.89 bits per heavy atom. The Balaban J connectivity index is 1.74. The van der Waals surface area contributed by atoms with Crippen molar-refractivity contribution < 1.29 is 14.3 Å². The van der Waals surface area contributed by atoms with E-state index in [4.69, 9.17) is 9.47 Å². The topological polar surface area (TPSA) is 50.8 Å². The Labute approximate surface area is 170 Å². The molecule has 0 aliphatic carbocycles. The second-order valence-electron chi connectivity index (χ2n) is 8.12. The molecule has 0 aromatic heterocycles. The maximum absolute atomic E-state index is 12.6. The molecular weight excluding hydrogens is 352 g/mol. The van der Waals surface area contributed by atoms with Crippen molar-refractivity contribution in [1.82, 2.24) is 4.90 Å². The molecule has 28 heavy (non-hydrogen) atoms. The molecule has 2 rings (SSSR count). The zero-order chi connectivity index (χ0) is 20.4. The third-order valence-corrected chi connectivity index (χ3v) is 5.55. The van der Waals surface area contributed by atoms with Gasteiger partial charge in [-0.15, -0.1) is 0 Å². The fourth-order valence-corrected chi connectivity index (χ4v) is 3.71. The molecule has 158 valence electrons. The Bertz CT molecular complexity index is 574. The first-order valence-corrected chi connectivity index (χ1v) is 10.9. The number of hydrogen-bond donors (Lipinski definition) is 1. The number of rotatable bonds is 11. The maximum Gasteiger partial charge on any atom is 0.256 e. The molecule has 1 atom stereocenters. The van der Waals surface area contributed by atoms with E-state index in [9.17, 15) is 4.79 Å². The lowest BCUT2D eigenvalue weighted by molar-refractivity contribution is -0.139. The standard InChI is InChI=1S/C23H38N2O3/c1-5-14-23(4,28-6-2)22(26)24-20-8-10-21(11-9-20)27-18-7-15-25-16-12-19(3)13-17-25/h8-11,19H,5-7,12-18H2,1-4H3,(H,24,26)/t23-/m0/s1. The molecule has 0 unspecified atom stereocenters. The summed E-state index contributed by atoms with van der Waals surface area (Å²) >= 11 is 0. The van der Waals surface area contributed by atoms with Crippen LogP contribution in [-0.2, 0) is 9.53 Å². The molecule has 1 fully saturated rings. The van der Waals surface area contributed by atoms with Gasteiger partial charge in [-0.3, -0.25) is 4.79 Å². The van der Waals surface area contributed by atoms with Gasteiger partial charge in [0, 0.05) is 18.8 Å². The number of carbonyl (C=O) groups is 1. The van der Waals surface area contributed by atoms with Crippen molar-refractivity contribution in [2.75, 3.05) is 38.2 Å². The summed E-state index contributed by atoms with van der Waals surface area (Å²) in [6.45, 7) is 13.0. The second kappa shape index (κ2) is 11.4. The van der Waals surface area contributed by atoms with Gasteiger partial charge in [0.1, 0.15) is 11.4 Å². The molecule has 5 heteroatoms. The Kier molecular flexibility index (Phi) is 9.26. The minimum Gasteiger partial charge on any atom is -0.494 e. The molecule has 0 spiro atoms. The van der Waals surface area contributed by atoms with Crippen molar-refractivity contribution in [3.05, 3.63) is 24.3 Å². The number of benzene rings is 1. The number of carbonyl (C=O) groups excluding carboxylic acids is 1. The highest BCUT2D eigenvalue weighted by molar-refractivity contribution is 5.97. The molecule has 5 nitrogen and oxygen atoms in total. The Morgan fingerprint density at radius 1 is 1.21 bits per heavy atom. The fraction of sp³-hybridized carbons (Fsp3) is 0.696. The van der Waals surface area contributed by atoms with Crippen LogP contribution in [0, 0.1) is 5.92 Å². The van der Waals surface area contributed by atoms with Gasteiger partial charge in [-0.2, -0.15) is 0 Å². The van der Waals surface area contributed by atoms with E-state index in [1.807, 2.05) is 38.1 Å². The van der Waals surface area contributed by atoms with Gasteiger partial charge in [0.05, 0.1) is 6.61 Å². The summed E-state index contributed by atoms with van der Waals surface area (Å²) in [5.74, 6) is 1.62. The van der Waals surface area contributed by atoms with E-state index in [-0.39, 0.29) is 5.91 Å². The summed E-state index contributed by atoms with van der Waals surface area (Å²) in [4.78, 5) is 15.1. The van der Waals surface area contributed by atoms with Gasteiger partial charge in [0.2, 0.25) is 0 Å². The van der Waals surface area contributed by atoms with Crippen LogP contribution in [0.1, 0.15) is 59.8 Å². The van der Waals surface area contributed by atoms with Crippen molar-refractivity contribution in [2.24, 2.45) is 5.92 Å². The monoisotopic (exact) mass is 390 g/mol.